The third-order valence-corrected chi connectivity index (χ3v) is 1.16. The van der Waals surface area contributed by atoms with E-state index in [0.717, 1.165) is 0 Å². The molecule has 0 amide bonds. The summed E-state index contributed by atoms with van der Waals surface area (Å²) in [6.45, 7) is 0. The molecule has 12 heavy (non-hydrogen) atoms. The van der Waals surface area contributed by atoms with Crippen molar-refractivity contribution >= 4 is 11.8 Å². The fourth-order valence-electron chi connectivity index (χ4n) is 0.586. The molecule has 2 atom stereocenters. The van der Waals surface area contributed by atoms with E-state index >= 15 is 0 Å². The molecule has 0 fully saturated rings. The number of amidine groups is 1. The van der Waals surface area contributed by atoms with Crippen molar-refractivity contribution in [2.24, 2.45) is 11.7 Å². The number of hydrogen-bond donors (Lipinski definition) is 3. The van der Waals surface area contributed by atoms with Gasteiger partial charge < -0.3 is 10.8 Å². The smallest absolute Gasteiger partial charge is 0.317 e. The van der Waals surface area contributed by atoms with Crippen LogP contribution in [0, 0.1) is 11.3 Å². The summed E-state index contributed by atoms with van der Waals surface area (Å²) in [5, 5.41) is 14.7. The molecular formula is C5H7F3N2O2. The van der Waals surface area contributed by atoms with Gasteiger partial charge in [0.15, 0.2) is 6.17 Å². The van der Waals surface area contributed by atoms with Crippen LogP contribution in [0.15, 0.2) is 0 Å². The number of halogens is 3. The lowest BCUT2D eigenvalue weighted by atomic mass is 10.0. The van der Waals surface area contributed by atoms with Gasteiger partial charge in [0, 0.05) is 0 Å². The Kier molecular flexibility index (Phi) is 3.52. The normalized spacial score (nSPS) is 15.7. The van der Waals surface area contributed by atoms with Crippen molar-refractivity contribution in [3.05, 3.63) is 0 Å². The number of aliphatic carboxylic acids is 1. The maximum Gasteiger partial charge on any atom is 0.317 e. The predicted octanol–water partition coefficient (Wildman–Crippen LogP) is 0.226. The lowest BCUT2D eigenvalue weighted by Crippen LogP contribution is -2.40. The fourth-order valence-corrected chi connectivity index (χ4v) is 0.586. The van der Waals surface area contributed by atoms with Gasteiger partial charge in [0.1, 0.15) is 11.8 Å². The van der Waals surface area contributed by atoms with Gasteiger partial charge in [-0.15, -0.1) is 0 Å². The average Bonchev–Trinajstić information content (AvgIpc) is 1.85. The highest BCUT2D eigenvalue weighted by Crippen LogP contribution is 2.16. The van der Waals surface area contributed by atoms with Crippen molar-refractivity contribution in [3.63, 3.8) is 0 Å². The molecule has 0 aromatic rings. The minimum absolute atomic E-state index is 1.12. The molecule has 2 unspecified atom stereocenters. The average molecular weight is 184 g/mol. The molecular weight excluding hydrogens is 177 g/mol. The van der Waals surface area contributed by atoms with Crippen LogP contribution >= 0.6 is 0 Å². The molecule has 70 valence electrons. The zero-order valence-electron chi connectivity index (χ0n) is 5.80. The number of hydrogen-bond acceptors (Lipinski definition) is 2. The summed E-state index contributed by atoms with van der Waals surface area (Å²) >= 11 is 0. The lowest BCUT2D eigenvalue weighted by Gasteiger charge is -2.14. The second kappa shape index (κ2) is 3.93. The molecule has 0 heterocycles. The van der Waals surface area contributed by atoms with Gasteiger partial charge in [-0.2, -0.15) is 0 Å². The van der Waals surface area contributed by atoms with Gasteiger partial charge in [-0.1, -0.05) is 0 Å². The van der Waals surface area contributed by atoms with Crippen molar-refractivity contribution < 1.29 is 23.1 Å². The Morgan fingerprint density at radius 1 is 1.42 bits per heavy atom. The first-order chi connectivity index (χ1) is 5.37. The van der Waals surface area contributed by atoms with Crippen LogP contribution in [0.4, 0.5) is 13.2 Å². The van der Waals surface area contributed by atoms with Crippen LogP contribution in [0.1, 0.15) is 0 Å². The first-order valence-electron chi connectivity index (χ1n) is 2.87. The quantitative estimate of drug-likeness (QED) is 0.431. The maximum atomic E-state index is 12.3. The Morgan fingerprint density at radius 2 is 1.83 bits per heavy atom. The van der Waals surface area contributed by atoms with Crippen molar-refractivity contribution in [1.29, 1.82) is 5.41 Å². The van der Waals surface area contributed by atoms with Gasteiger partial charge in [-0.05, 0) is 0 Å². The number of carboxylic acid groups (broad SMARTS) is 1. The number of rotatable bonds is 4. The molecule has 0 saturated heterocycles. The van der Waals surface area contributed by atoms with Gasteiger partial charge in [-0.25, -0.2) is 13.2 Å². The Hall–Kier alpha value is -1.27. The predicted molar refractivity (Wildman–Crippen MR) is 33.9 cm³/mol. The number of carboxylic acids is 1. The Morgan fingerprint density at radius 3 is 1.92 bits per heavy atom. The minimum atomic E-state index is -3.45. The third-order valence-electron chi connectivity index (χ3n) is 1.16. The van der Waals surface area contributed by atoms with Crippen molar-refractivity contribution in [2.75, 3.05) is 0 Å². The second-order valence-corrected chi connectivity index (χ2v) is 2.05. The Balaban J connectivity index is 4.52. The van der Waals surface area contributed by atoms with Gasteiger partial charge in [0.2, 0.25) is 0 Å². The molecule has 0 aliphatic rings. The summed E-state index contributed by atoms with van der Waals surface area (Å²) in [7, 11) is 0. The first-order valence-corrected chi connectivity index (χ1v) is 2.87. The van der Waals surface area contributed by atoms with Crippen LogP contribution in [0.3, 0.4) is 0 Å². The third kappa shape index (κ3) is 2.40. The summed E-state index contributed by atoms with van der Waals surface area (Å²) in [5.41, 5.74) is 4.61. The minimum Gasteiger partial charge on any atom is -0.481 e. The highest BCUT2D eigenvalue weighted by Gasteiger charge is 2.37. The first kappa shape index (κ1) is 10.7. The van der Waals surface area contributed by atoms with E-state index in [9.17, 15) is 18.0 Å². The Labute approximate surface area is 65.7 Å². The molecule has 4 nitrogen and oxygen atoms in total. The second-order valence-electron chi connectivity index (χ2n) is 2.05. The largest absolute Gasteiger partial charge is 0.481 e. The van der Waals surface area contributed by atoms with E-state index in [1.54, 1.807) is 0 Å². The van der Waals surface area contributed by atoms with Crippen molar-refractivity contribution in [1.82, 2.24) is 0 Å². The van der Waals surface area contributed by atoms with Gasteiger partial charge in [-0.3, -0.25) is 10.2 Å². The van der Waals surface area contributed by atoms with E-state index in [1.807, 2.05) is 0 Å². The molecule has 0 radical (unpaired) electrons. The summed E-state index contributed by atoms with van der Waals surface area (Å²) in [4.78, 5) is 10.1. The summed E-state index contributed by atoms with van der Waals surface area (Å²) in [6, 6.07) is 0. The van der Waals surface area contributed by atoms with Gasteiger partial charge >= 0.3 is 5.97 Å². The van der Waals surface area contributed by atoms with E-state index in [4.69, 9.17) is 10.5 Å². The van der Waals surface area contributed by atoms with E-state index in [1.165, 1.54) is 0 Å². The van der Waals surface area contributed by atoms with Crippen LogP contribution < -0.4 is 5.73 Å². The lowest BCUT2D eigenvalue weighted by molar-refractivity contribution is -0.143. The highest BCUT2D eigenvalue weighted by atomic mass is 19.3. The molecule has 4 N–H and O–H groups in total. The molecule has 0 rings (SSSR count). The van der Waals surface area contributed by atoms with E-state index in [-0.39, 0.29) is 0 Å². The summed E-state index contributed by atoms with van der Waals surface area (Å²) < 4.78 is 35.6. The van der Waals surface area contributed by atoms with Crippen molar-refractivity contribution in [3.8, 4) is 0 Å². The van der Waals surface area contributed by atoms with Crippen LogP contribution in [-0.4, -0.2) is 29.5 Å². The van der Waals surface area contributed by atoms with Gasteiger partial charge in [0.25, 0.3) is 6.43 Å². The Bertz CT molecular complexity index is 183. The van der Waals surface area contributed by atoms with Crippen LogP contribution in [0.2, 0.25) is 0 Å². The molecule has 0 aromatic carbocycles. The number of alkyl halides is 3. The maximum absolute atomic E-state index is 12.3. The van der Waals surface area contributed by atoms with Crippen LogP contribution in [0.25, 0.3) is 0 Å². The topological polar surface area (TPSA) is 87.2 Å². The molecule has 0 aromatic heterocycles. The molecule has 7 heteroatoms. The van der Waals surface area contributed by atoms with Crippen LogP contribution in [0.5, 0.6) is 0 Å². The highest BCUT2D eigenvalue weighted by molar-refractivity contribution is 5.98. The summed E-state index contributed by atoms with van der Waals surface area (Å²) in [5.74, 6) is -5.24. The standard InChI is InChI=1S/C5H7F3N2O2/c6-2(3(7)8)1(4(9)10)5(11)12/h1-3H,(H3,9,10)(H,11,12). The SMILES string of the molecule is N=C(N)C(C(=O)O)C(F)C(F)F. The van der Waals surface area contributed by atoms with Crippen molar-refractivity contribution in [2.45, 2.75) is 12.6 Å². The van der Waals surface area contributed by atoms with Crippen LogP contribution in [-0.2, 0) is 4.79 Å². The zero-order chi connectivity index (χ0) is 9.89. The fraction of sp³-hybridized carbons (Fsp3) is 0.600. The molecule has 0 spiro atoms. The molecule has 0 saturated carbocycles. The molecule has 0 aliphatic heterocycles. The number of carbonyl (C=O) groups is 1. The van der Waals surface area contributed by atoms with E-state index in [0.29, 0.717) is 0 Å². The number of nitrogens with one attached hydrogen (secondary N) is 1. The van der Waals surface area contributed by atoms with Gasteiger partial charge in [0.05, 0.1) is 0 Å². The molecule has 0 bridgehead atoms. The number of nitrogens with two attached hydrogens (primary N) is 1. The van der Waals surface area contributed by atoms with E-state index < -0.39 is 30.3 Å². The summed E-state index contributed by atoms with van der Waals surface area (Å²) in [6.07, 6.45) is -6.38. The zero-order valence-corrected chi connectivity index (χ0v) is 5.80. The van der Waals surface area contributed by atoms with E-state index in [2.05, 4.69) is 5.73 Å². The monoisotopic (exact) mass is 184 g/mol. The molecule has 0 aliphatic carbocycles.